The Balaban J connectivity index is 1.45. The lowest BCUT2D eigenvalue weighted by atomic mass is 9.89. The first-order chi connectivity index (χ1) is 14.6. The topological polar surface area (TPSA) is 74.3 Å². The number of aliphatic imine (C=N–C) groups is 1. The van der Waals surface area contributed by atoms with Crippen molar-refractivity contribution < 1.29 is 9.94 Å². The van der Waals surface area contributed by atoms with E-state index in [0.29, 0.717) is 24.2 Å². The van der Waals surface area contributed by atoms with E-state index in [1.54, 1.807) is 0 Å². The van der Waals surface area contributed by atoms with Gasteiger partial charge in [0.15, 0.2) is 5.96 Å². The number of nitrogens with zero attached hydrogens (tertiary/aromatic N) is 3. The number of benzene rings is 2. The molecule has 1 saturated carbocycles. The molecule has 0 radical (unpaired) electrons. The van der Waals surface area contributed by atoms with Gasteiger partial charge in [0, 0.05) is 31.3 Å². The lowest BCUT2D eigenvalue weighted by Crippen LogP contribution is -2.39. The fraction of sp³-hybridized carbons (Fsp3) is 0.458. The zero-order valence-electron chi connectivity index (χ0n) is 17.8. The Morgan fingerprint density at radius 2 is 1.93 bits per heavy atom. The first kappa shape index (κ1) is 20.5. The standard InChI is InChI=1S/C24H32N4O2/c1-2-13-27-17-19-14-22(11-12-23(19)26-24(27)25)30-21-10-6-9-20(15-21)28(29)16-18-7-4-3-5-8-18/h6,9-12,14-15,18,29H,2-5,7-8,13,16-17H2,1H3,(H2,25,26). The molecule has 0 unspecified atom stereocenters. The van der Waals surface area contributed by atoms with Crippen LogP contribution in [0.3, 0.4) is 0 Å². The molecule has 6 nitrogen and oxygen atoms in total. The number of guanidine groups is 1. The second kappa shape index (κ2) is 9.39. The maximum atomic E-state index is 10.6. The molecular weight excluding hydrogens is 376 g/mol. The third kappa shape index (κ3) is 4.87. The van der Waals surface area contributed by atoms with Crippen LogP contribution in [0.2, 0.25) is 0 Å². The van der Waals surface area contributed by atoms with Crippen molar-refractivity contribution in [3.05, 3.63) is 48.0 Å². The second-order valence-electron chi connectivity index (χ2n) is 8.37. The summed E-state index contributed by atoms with van der Waals surface area (Å²) in [5.41, 5.74) is 8.84. The molecule has 0 aromatic heterocycles. The lowest BCUT2D eigenvalue weighted by molar-refractivity contribution is 0.215. The van der Waals surface area contributed by atoms with Gasteiger partial charge >= 0.3 is 0 Å². The number of anilines is 1. The van der Waals surface area contributed by atoms with Crippen LogP contribution in [0.25, 0.3) is 0 Å². The minimum absolute atomic E-state index is 0.563. The molecule has 1 aliphatic carbocycles. The normalized spacial score (nSPS) is 16.7. The van der Waals surface area contributed by atoms with Crippen molar-refractivity contribution in [3.8, 4) is 11.5 Å². The third-order valence-corrected chi connectivity index (χ3v) is 5.97. The van der Waals surface area contributed by atoms with Gasteiger partial charge in [0.2, 0.25) is 0 Å². The maximum absolute atomic E-state index is 10.6. The third-order valence-electron chi connectivity index (χ3n) is 5.97. The van der Waals surface area contributed by atoms with Crippen molar-refractivity contribution in [1.29, 1.82) is 0 Å². The van der Waals surface area contributed by atoms with E-state index < -0.39 is 0 Å². The molecule has 0 atom stereocenters. The maximum Gasteiger partial charge on any atom is 0.196 e. The van der Waals surface area contributed by atoms with Gasteiger partial charge in [0.05, 0.1) is 11.4 Å². The summed E-state index contributed by atoms with van der Waals surface area (Å²) in [6.07, 6.45) is 7.28. The number of nitrogens with two attached hydrogens (primary N) is 1. The molecule has 30 heavy (non-hydrogen) atoms. The van der Waals surface area contributed by atoms with Gasteiger partial charge in [-0.1, -0.05) is 32.3 Å². The summed E-state index contributed by atoms with van der Waals surface area (Å²) in [6.45, 7) is 4.43. The zero-order valence-corrected chi connectivity index (χ0v) is 17.8. The Kier molecular flexibility index (Phi) is 6.43. The molecule has 3 N–H and O–H groups in total. The zero-order chi connectivity index (χ0) is 20.9. The predicted molar refractivity (Wildman–Crippen MR) is 121 cm³/mol. The summed E-state index contributed by atoms with van der Waals surface area (Å²) >= 11 is 0. The van der Waals surface area contributed by atoms with Crippen LogP contribution in [0.15, 0.2) is 47.5 Å². The predicted octanol–water partition coefficient (Wildman–Crippen LogP) is 5.43. The first-order valence-electron chi connectivity index (χ1n) is 11.1. The molecule has 2 aromatic rings. The monoisotopic (exact) mass is 408 g/mol. The minimum atomic E-state index is 0.563. The van der Waals surface area contributed by atoms with E-state index in [1.807, 2.05) is 42.5 Å². The van der Waals surface area contributed by atoms with Crippen molar-refractivity contribution >= 4 is 17.3 Å². The van der Waals surface area contributed by atoms with Gasteiger partial charge < -0.3 is 15.4 Å². The molecule has 4 rings (SSSR count). The highest BCUT2D eigenvalue weighted by Crippen LogP contribution is 2.33. The van der Waals surface area contributed by atoms with Crippen LogP contribution in [-0.4, -0.2) is 29.2 Å². The number of rotatable bonds is 7. The molecule has 6 heteroatoms. The summed E-state index contributed by atoms with van der Waals surface area (Å²) in [4.78, 5) is 6.60. The quantitative estimate of drug-likeness (QED) is 0.598. The summed E-state index contributed by atoms with van der Waals surface area (Å²) < 4.78 is 6.11. The Labute approximate surface area is 178 Å². The minimum Gasteiger partial charge on any atom is -0.457 e. The van der Waals surface area contributed by atoms with E-state index in [1.165, 1.54) is 37.2 Å². The largest absolute Gasteiger partial charge is 0.457 e. The number of hydrogen-bond donors (Lipinski definition) is 2. The smallest absolute Gasteiger partial charge is 0.196 e. The van der Waals surface area contributed by atoms with Crippen molar-refractivity contribution in [2.75, 3.05) is 18.2 Å². The Morgan fingerprint density at radius 1 is 1.13 bits per heavy atom. The van der Waals surface area contributed by atoms with Gasteiger partial charge in [-0.2, -0.15) is 0 Å². The molecule has 0 saturated heterocycles. The second-order valence-corrected chi connectivity index (χ2v) is 8.37. The van der Waals surface area contributed by atoms with Crippen LogP contribution in [-0.2, 0) is 6.54 Å². The highest BCUT2D eigenvalue weighted by atomic mass is 16.5. The Morgan fingerprint density at radius 3 is 2.73 bits per heavy atom. The summed E-state index contributed by atoms with van der Waals surface area (Å²) in [6, 6.07) is 13.5. The molecule has 1 aliphatic heterocycles. The molecular formula is C24H32N4O2. The van der Waals surface area contributed by atoms with E-state index in [9.17, 15) is 5.21 Å². The van der Waals surface area contributed by atoms with E-state index in [0.717, 1.165) is 42.2 Å². The van der Waals surface area contributed by atoms with Crippen molar-refractivity contribution in [2.24, 2.45) is 16.6 Å². The van der Waals surface area contributed by atoms with Gasteiger partial charge in [-0.3, -0.25) is 10.3 Å². The Bertz CT molecular complexity index is 893. The van der Waals surface area contributed by atoms with Gasteiger partial charge in [-0.25, -0.2) is 4.99 Å². The van der Waals surface area contributed by atoms with Crippen LogP contribution in [0.1, 0.15) is 51.0 Å². The van der Waals surface area contributed by atoms with E-state index in [4.69, 9.17) is 10.5 Å². The number of hydrogen-bond acceptors (Lipinski definition) is 6. The summed E-state index contributed by atoms with van der Waals surface area (Å²) in [5.74, 6) is 2.61. The van der Waals surface area contributed by atoms with Crippen molar-refractivity contribution in [3.63, 3.8) is 0 Å². The molecule has 160 valence electrons. The van der Waals surface area contributed by atoms with Gasteiger partial charge in [0.1, 0.15) is 11.5 Å². The van der Waals surface area contributed by atoms with Gasteiger partial charge in [-0.15, -0.1) is 0 Å². The van der Waals surface area contributed by atoms with E-state index in [2.05, 4.69) is 16.8 Å². The van der Waals surface area contributed by atoms with Crippen LogP contribution < -0.4 is 15.5 Å². The fourth-order valence-corrected chi connectivity index (χ4v) is 4.37. The SMILES string of the molecule is CCCN1Cc2cc(Oc3cccc(N(O)CC4CCCCC4)c3)ccc2N=C1N. The summed E-state index contributed by atoms with van der Waals surface area (Å²) in [7, 11) is 0. The van der Waals surface area contributed by atoms with E-state index in [-0.39, 0.29) is 0 Å². The molecule has 1 heterocycles. The van der Waals surface area contributed by atoms with Crippen LogP contribution in [0, 0.1) is 5.92 Å². The van der Waals surface area contributed by atoms with Crippen LogP contribution in [0.5, 0.6) is 11.5 Å². The fourth-order valence-electron chi connectivity index (χ4n) is 4.37. The molecule has 0 spiro atoms. The Hall–Kier alpha value is -2.73. The van der Waals surface area contributed by atoms with Gasteiger partial charge in [-0.05, 0) is 55.5 Å². The average molecular weight is 409 g/mol. The number of ether oxygens (including phenoxy) is 1. The van der Waals surface area contributed by atoms with Crippen molar-refractivity contribution in [1.82, 2.24) is 4.90 Å². The molecule has 2 aromatic carbocycles. The summed E-state index contributed by atoms with van der Waals surface area (Å²) in [5, 5.41) is 11.9. The first-order valence-corrected chi connectivity index (χ1v) is 11.1. The van der Waals surface area contributed by atoms with Crippen LogP contribution in [0.4, 0.5) is 11.4 Å². The molecule has 0 amide bonds. The van der Waals surface area contributed by atoms with Crippen LogP contribution >= 0.6 is 0 Å². The number of fused-ring (bicyclic) bond motifs is 1. The van der Waals surface area contributed by atoms with Crippen molar-refractivity contribution in [2.45, 2.75) is 52.0 Å². The molecule has 1 fully saturated rings. The van der Waals surface area contributed by atoms with E-state index >= 15 is 0 Å². The highest BCUT2D eigenvalue weighted by Gasteiger charge is 2.19. The number of hydroxylamine groups is 1. The van der Waals surface area contributed by atoms with Gasteiger partial charge in [0.25, 0.3) is 0 Å². The molecule has 2 aliphatic rings. The average Bonchev–Trinajstić information content (AvgIpc) is 2.75. The highest BCUT2D eigenvalue weighted by molar-refractivity contribution is 5.83. The molecule has 0 bridgehead atoms. The lowest BCUT2D eigenvalue weighted by Gasteiger charge is -2.28.